The lowest BCUT2D eigenvalue weighted by molar-refractivity contribution is -0.142. The lowest BCUT2D eigenvalue weighted by atomic mass is 9.96. The zero-order valence-electron chi connectivity index (χ0n) is 36.7. The summed E-state index contributed by atoms with van der Waals surface area (Å²) < 4.78 is 89.8. The van der Waals surface area contributed by atoms with Crippen LogP contribution in [0.1, 0.15) is 11.1 Å². The minimum atomic E-state index is -5.08. The van der Waals surface area contributed by atoms with E-state index in [0.29, 0.717) is 40.3 Å². The molecular weight excluding hydrogens is 893 g/mol. The SMILES string of the molecule is FC(F)(F)c1ccc(-c2ccc3c4ccccc4n(-c4ccc(-c5ccc6c7ccccc7n(-c7ccccc7)c6c5)cc4-c4nc(-c5ccccc5)nc(-c5ccccc5)n4)c3c2)c(C(F)(F)F)c1. The van der Waals surface area contributed by atoms with Gasteiger partial charge in [-0.1, -0.05) is 152 Å². The topological polar surface area (TPSA) is 48.5 Å². The number of alkyl halides is 6. The highest BCUT2D eigenvalue weighted by Gasteiger charge is 2.38. The van der Waals surface area contributed by atoms with Gasteiger partial charge < -0.3 is 9.13 Å². The second kappa shape index (κ2) is 16.4. The Morgan fingerprint density at radius 2 is 0.786 bits per heavy atom. The quantitative estimate of drug-likeness (QED) is 0.150. The zero-order chi connectivity index (χ0) is 47.7. The normalized spacial score (nSPS) is 12.1. The average molecular weight is 928 g/mol. The molecule has 11 heteroatoms. The van der Waals surface area contributed by atoms with Crippen LogP contribution in [-0.2, 0) is 12.4 Å². The molecule has 0 N–H and O–H groups in total. The molecule has 12 aromatic rings. The molecule has 0 atom stereocenters. The first-order valence-electron chi connectivity index (χ1n) is 22.4. The first-order valence-corrected chi connectivity index (χ1v) is 22.4. The van der Waals surface area contributed by atoms with Gasteiger partial charge in [-0.3, -0.25) is 0 Å². The van der Waals surface area contributed by atoms with E-state index in [1.807, 2.05) is 138 Å². The van der Waals surface area contributed by atoms with Crippen LogP contribution in [0.5, 0.6) is 0 Å². The Morgan fingerprint density at radius 1 is 0.314 bits per heavy atom. The first kappa shape index (κ1) is 42.5. The van der Waals surface area contributed by atoms with Crippen LogP contribution in [0.4, 0.5) is 26.3 Å². The summed E-state index contributed by atoms with van der Waals surface area (Å²) in [6, 6.07) is 64.4. The van der Waals surface area contributed by atoms with E-state index < -0.39 is 23.5 Å². The van der Waals surface area contributed by atoms with Crippen molar-refractivity contribution in [3.05, 3.63) is 223 Å². The number of aromatic nitrogens is 5. The van der Waals surface area contributed by atoms with Crippen molar-refractivity contribution in [1.29, 1.82) is 0 Å². The van der Waals surface area contributed by atoms with Crippen LogP contribution in [0.15, 0.2) is 212 Å². The summed E-state index contributed by atoms with van der Waals surface area (Å²) in [5.41, 5.74) is 5.77. The summed E-state index contributed by atoms with van der Waals surface area (Å²) in [5, 5.41) is 3.73. The van der Waals surface area contributed by atoms with Gasteiger partial charge in [-0.05, 0) is 82.9 Å². The van der Waals surface area contributed by atoms with Gasteiger partial charge >= 0.3 is 12.4 Å². The van der Waals surface area contributed by atoms with Gasteiger partial charge in [0, 0.05) is 43.9 Å². The molecule has 0 unspecified atom stereocenters. The molecule has 0 radical (unpaired) electrons. The summed E-state index contributed by atoms with van der Waals surface area (Å²) >= 11 is 0. The number of rotatable bonds is 7. The predicted octanol–water partition coefficient (Wildman–Crippen LogP) is 16.4. The van der Waals surface area contributed by atoms with Crippen molar-refractivity contribution >= 4 is 43.6 Å². The molecule has 9 aromatic carbocycles. The molecule has 0 spiro atoms. The summed E-state index contributed by atoms with van der Waals surface area (Å²) in [5.74, 6) is 1.20. The Morgan fingerprint density at radius 3 is 1.39 bits per heavy atom. The van der Waals surface area contributed by atoms with E-state index in [9.17, 15) is 26.3 Å². The average Bonchev–Trinajstić information content (AvgIpc) is 3.90. The molecule has 0 aliphatic carbocycles. The minimum Gasteiger partial charge on any atom is -0.309 e. The predicted molar refractivity (Wildman–Crippen MR) is 266 cm³/mol. The van der Waals surface area contributed by atoms with Crippen molar-refractivity contribution < 1.29 is 26.3 Å². The van der Waals surface area contributed by atoms with Crippen molar-refractivity contribution in [2.75, 3.05) is 0 Å². The van der Waals surface area contributed by atoms with Crippen molar-refractivity contribution in [1.82, 2.24) is 24.1 Å². The van der Waals surface area contributed by atoms with Crippen LogP contribution in [0, 0.1) is 0 Å². The Balaban J connectivity index is 1.14. The van der Waals surface area contributed by atoms with Crippen LogP contribution in [0.25, 0.3) is 111 Å². The highest BCUT2D eigenvalue weighted by atomic mass is 19.4. The van der Waals surface area contributed by atoms with Gasteiger partial charge in [0.15, 0.2) is 17.5 Å². The maximum Gasteiger partial charge on any atom is 0.417 e. The molecule has 0 bridgehead atoms. The Hall–Kier alpha value is -8.83. The third-order valence-corrected chi connectivity index (χ3v) is 12.8. The van der Waals surface area contributed by atoms with E-state index in [0.717, 1.165) is 72.1 Å². The Bertz CT molecular complexity index is 3910. The van der Waals surface area contributed by atoms with Crippen LogP contribution in [0.2, 0.25) is 0 Å². The highest BCUT2D eigenvalue weighted by molar-refractivity contribution is 6.12. The van der Waals surface area contributed by atoms with E-state index in [4.69, 9.17) is 15.0 Å². The molecule has 338 valence electrons. The molecule has 0 saturated heterocycles. The van der Waals surface area contributed by atoms with Crippen molar-refractivity contribution in [2.24, 2.45) is 0 Å². The standard InChI is InChI=1S/C59H35F6N5/c60-58(61,62)41-27-30-43(49(35-41)59(63,64)65)40-25-29-47-45-21-11-13-23-51(45)70(54(47)34-40)52-31-26-38(39-24-28-46-44-20-10-12-22-50(44)69(53(46)33-39)42-18-8-3-9-19-42)32-48(52)57-67-55(36-14-4-1-5-15-36)66-56(68-57)37-16-6-2-7-17-37/h1-35H. The molecule has 3 aromatic heterocycles. The van der Waals surface area contributed by atoms with E-state index in [2.05, 4.69) is 47.0 Å². The van der Waals surface area contributed by atoms with E-state index in [-0.39, 0.29) is 17.2 Å². The molecule has 0 aliphatic rings. The van der Waals surface area contributed by atoms with Crippen molar-refractivity contribution in [3.8, 4) is 67.8 Å². The second-order valence-electron chi connectivity index (χ2n) is 17.0. The number of benzene rings is 9. The third-order valence-electron chi connectivity index (χ3n) is 12.8. The van der Waals surface area contributed by atoms with Gasteiger partial charge in [0.05, 0.1) is 38.9 Å². The van der Waals surface area contributed by atoms with E-state index in [1.165, 1.54) is 6.07 Å². The van der Waals surface area contributed by atoms with Crippen LogP contribution < -0.4 is 0 Å². The molecule has 0 saturated carbocycles. The van der Waals surface area contributed by atoms with Crippen LogP contribution >= 0.6 is 0 Å². The van der Waals surface area contributed by atoms with Crippen LogP contribution in [-0.4, -0.2) is 24.1 Å². The number of hydrogen-bond acceptors (Lipinski definition) is 3. The summed E-state index contributed by atoms with van der Waals surface area (Å²) in [6.45, 7) is 0. The van der Waals surface area contributed by atoms with Gasteiger partial charge in [-0.25, -0.2) is 15.0 Å². The molecule has 5 nitrogen and oxygen atoms in total. The minimum absolute atomic E-state index is 0.0933. The second-order valence-corrected chi connectivity index (χ2v) is 17.0. The number of nitrogens with zero attached hydrogens (tertiary/aromatic N) is 5. The van der Waals surface area contributed by atoms with Gasteiger partial charge in [0.1, 0.15) is 0 Å². The maximum atomic E-state index is 14.7. The van der Waals surface area contributed by atoms with E-state index in [1.54, 1.807) is 12.1 Å². The summed E-state index contributed by atoms with van der Waals surface area (Å²) in [6.07, 6.45) is -10.1. The lowest BCUT2D eigenvalue weighted by Gasteiger charge is -2.18. The Kier molecular flexibility index (Phi) is 9.99. The first-order chi connectivity index (χ1) is 34.0. The van der Waals surface area contributed by atoms with Crippen molar-refractivity contribution in [3.63, 3.8) is 0 Å². The fraction of sp³-hybridized carbons (Fsp3) is 0.0339. The molecule has 3 heterocycles. The van der Waals surface area contributed by atoms with Gasteiger partial charge in [-0.15, -0.1) is 0 Å². The van der Waals surface area contributed by atoms with Crippen LogP contribution in [0.3, 0.4) is 0 Å². The number of para-hydroxylation sites is 3. The molecule has 70 heavy (non-hydrogen) atoms. The molecule has 12 rings (SSSR count). The molecule has 0 aliphatic heterocycles. The lowest BCUT2D eigenvalue weighted by Crippen LogP contribution is -2.12. The Labute approximate surface area is 396 Å². The smallest absolute Gasteiger partial charge is 0.309 e. The number of halogens is 6. The summed E-state index contributed by atoms with van der Waals surface area (Å²) in [7, 11) is 0. The van der Waals surface area contributed by atoms with E-state index >= 15 is 0 Å². The number of hydrogen-bond donors (Lipinski definition) is 0. The monoisotopic (exact) mass is 927 g/mol. The molecule has 0 fully saturated rings. The fourth-order valence-electron chi connectivity index (χ4n) is 9.63. The van der Waals surface area contributed by atoms with Gasteiger partial charge in [0.25, 0.3) is 0 Å². The summed E-state index contributed by atoms with van der Waals surface area (Å²) in [4.78, 5) is 15.3. The molecular formula is C59H35F6N5. The van der Waals surface area contributed by atoms with Gasteiger partial charge in [-0.2, -0.15) is 26.3 Å². The third kappa shape index (κ3) is 7.34. The van der Waals surface area contributed by atoms with Crippen molar-refractivity contribution in [2.45, 2.75) is 12.4 Å². The van der Waals surface area contributed by atoms with Gasteiger partial charge in [0.2, 0.25) is 0 Å². The fourth-order valence-corrected chi connectivity index (χ4v) is 9.63. The molecule has 0 amide bonds. The largest absolute Gasteiger partial charge is 0.417 e. The zero-order valence-corrected chi connectivity index (χ0v) is 36.7. The number of fused-ring (bicyclic) bond motifs is 6. The highest BCUT2D eigenvalue weighted by Crippen LogP contribution is 2.44. The maximum absolute atomic E-state index is 14.7.